The van der Waals surface area contributed by atoms with Crippen LogP contribution in [0.2, 0.25) is 0 Å². The summed E-state index contributed by atoms with van der Waals surface area (Å²) in [5.74, 6) is -2.24. The van der Waals surface area contributed by atoms with Crippen molar-refractivity contribution in [1.29, 1.82) is 5.26 Å². The highest BCUT2D eigenvalue weighted by Crippen LogP contribution is 2.37. The number of non-ortho nitro benzene ring substituents is 1. The summed E-state index contributed by atoms with van der Waals surface area (Å²) in [5.41, 5.74) is -1.01. The van der Waals surface area contributed by atoms with Gasteiger partial charge in [-0.1, -0.05) is 6.92 Å². The third-order valence-electron chi connectivity index (χ3n) is 5.13. The summed E-state index contributed by atoms with van der Waals surface area (Å²) in [5, 5.41) is 22.2. The first-order chi connectivity index (χ1) is 16.3. The van der Waals surface area contributed by atoms with Crippen molar-refractivity contribution < 1.29 is 32.4 Å². The number of nitrogens with one attached hydrogen (secondary N) is 1. The van der Waals surface area contributed by atoms with Crippen LogP contribution in [0.5, 0.6) is 0 Å². The van der Waals surface area contributed by atoms with Gasteiger partial charge in [0.15, 0.2) is 6.10 Å². The number of halogens is 3. The fourth-order valence-corrected chi connectivity index (χ4v) is 3.34. The molecule has 12 heteroatoms. The maximum atomic E-state index is 13.3. The van der Waals surface area contributed by atoms with Crippen molar-refractivity contribution >= 4 is 29.3 Å². The monoisotopic (exact) mass is 492 g/mol. The molecule has 0 spiro atoms. The molecule has 0 fully saturated rings. The molecular weight excluding hydrogens is 469 g/mol. The van der Waals surface area contributed by atoms with E-state index in [0.29, 0.717) is 5.56 Å². The molecule has 186 valence electrons. The highest BCUT2D eigenvalue weighted by molar-refractivity contribution is 6.01. The van der Waals surface area contributed by atoms with Crippen LogP contribution in [0.15, 0.2) is 29.8 Å². The normalized spacial score (nSPS) is 12.6. The number of nitro groups is 1. The summed E-state index contributed by atoms with van der Waals surface area (Å²) in [6, 6.07) is 5.33. The number of ether oxygens (including phenoxy) is 1. The molecule has 1 heterocycles. The largest absolute Gasteiger partial charge is 0.448 e. The van der Waals surface area contributed by atoms with Crippen LogP contribution in [0.4, 0.5) is 24.5 Å². The summed E-state index contributed by atoms with van der Waals surface area (Å²) in [6.07, 6.45) is -4.36. The number of alkyl halides is 3. The molecule has 1 atom stereocenters. The Morgan fingerprint density at radius 3 is 2.51 bits per heavy atom. The molecule has 0 aliphatic heterocycles. The molecule has 0 saturated carbocycles. The van der Waals surface area contributed by atoms with E-state index < -0.39 is 51.6 Å². The average molecular weight is 492 g/mol. The second-order valence-corrected chi connectivity index (χ2v) is 7.67. The maximum absolute atomic E-state index is 13.3. The Hall–Kier alpha value is -4.14. The van der Waals surface area contributed by atoms with Crippen LogP contribution in [0, 0.1) is 35.3 Å². The number of anilines is 1. The van der Waals surface area contributed by atoms with Crippen LogP contribution in [0.1, 0.15) is 42.8 Å². The lowest BCUT2D eigenvalue weighted by Crippen LogP contribution is -2.31. The Morgan fingerprint density at radius 2 is 1.97 bits per heavy atom. The minimum absolute atomic E-state index is 0.289. The van der Waals surface area contributed by atoms with Gasteiger partial charge in [-0.25, -0.2) is 4.79 Å². The van der Waals surface area contributed by atoms with Gasteiger partial charge in [0.05, 0.1) is 16.2 Å². The molecule has 2 rings (SSSR count). The molecule has 0 aliphatic carbocycles. The zero-order valence-corrected chi connectivity index (χ0v) is 19.4. The van der Waals surface area contributed by atoms with Crippen molar-refractivity contribution in [3.63, 3.8) is 0 Å². The van der Waals surface area contributed by atoms with Gasteiger partial charge in [0.1, 0.15) is 11.6 Å². The fraction of sp³-hybridized carbons (Fsp3) is 0.348. The molecular formula is C23H23F3N4O5. The molecule has 9 nitrogen and oxygen atoms in total. The van der Waals surface area contributed by atoms with Gasteiger partial charge in [0.2, 0.25) is 0 Å². The smallest absolute Gasteiger partial charge is 0.418 e. The third kappa shape index (κ3) is 6.47. The zero-order chi connectivity index (χ0) is 26.5. The van der Waals surface area contributed by atoms with Crippen LogP contribution < -0.4 is 5.32 Å². The summed E-state index contributed by atoms with van der Waals surface area (Å²) in [7, 11) is 0. The van der Waals surface area contributed by atoms with Gasteiger partial charge in [-0.2, -0.15) is 18.4 Å². The first kappa shape index (κ1) is 27.1. The molecule has 1 N–H and O–H groups in total. The fourth-order valence-electron chi connectivity index (χ4n) is 3.34. The van der Waals surface area contributed by atoms with Gasteiger partial charge in [-0.3, -0.25) is 14.9 Å². The van der Waals surface area contributed by atoms with E-state index in [-0.39, 0.29) is 6.07 Å². The van der Waals surface area contributed by atoms with Crippen LogP contribution >= 0.6 is 0 Å². The number of rotatable bonds is 8. The van der Waals surface area contributed by atoms with E-state index in [4.69, 9.17) is 4.74 Å². The lowest BCUT2D eigenvalue weighted by atomic mass is 10.1. The second kappa shape index (κ2) is 10.9. The number of benzene rings is 1. The Morgan fingerprint density at radius 1 is 1.31 bits per heavy atom. The molecule has 0 radical (unpaired) electrons. The predicted molar refractivity (Wildman–Crippen MR) is 120 cm³/mol. The Balaban J connectivity index is 2.21. The van der Waals surface area contributed by atoms with E-state index in [1.54, 1.807) is 12.1 Å². The third-order valence-corrected chi connectivity index (χ3v) is 5.13. The highest BCUT2D eigenvalue weighted by atomic mass is 19.4. The molecule has 1 aromatic carbocycles. The average Bonchev–Trinajstić information content (AvgIpc) is 3.04. The number of amides is 1. The molecule has 0 bridgehead atoms. The Kier molecular flexibility index (Phi) is 8.41. The quantitative estimate of drug-likeness (QED) is 0.183. The standard InChI is InChI=1S/C23H23F3N4O5/c1-5-8-29-13(2)9-16(14(29)3)10-17(12-27)22(32)35-15(4)21(31)28-20-7-6-18(30(33)34)11-19(20)23(24,25)26/h6-7,9-11,15H,5,8H2,1-4H3,(H,28,31)/b17-10+. The summed E-state index contributed by atoms with van der Waals surface area (Å²) in [6.45, 7) is 7.58. The number of aryl methyl sites for hydroxylation is 1. The Bertz CT molecular complexity index is 1220. The number of hydrogen-bond donors (Lipinski definition) is 1. The zero-order valence-electron chi connectivity index (χ0n) is 19.4. The lowest BCUT2D eigenvalue weighted by molar-refractivity contribution is -0.385. The summed E-state index contributed by atoms with van der Waals surface area (Å²) >= 11 is 0. The SMILES string of the molecule is CCCn1c(C)cc(/C=C(\C#N)C(=O)OC(C)C(=O)Nc2ccc([N+](=O)[O-])cc2C(F)(F)F)c1C. The van der Waals surface area contributed by atoms with Crippen molar-refractivity contribution in [1.82, 2.24) is 4.57 Å². The summed E-state index contributed by atoms with van der Waals surface area (Å²) in [4.78, 5) is 34.7. The first-order valence-corrected chi connectivity index (χ1v) is 10.5. The van der Waals surface area contributed by atoms with E-state index in [9.17, 15) is 38.1 Å². The van der Waals surface area contributed by atoms with Crippen molar-refractivity contribution in [3.8, 4) is 6.07 Å². The minimum atomic E-state index is -4.99. The van der Waals surface area contributed by atoms with E-state index in [0.717, 1.165) is 43.4 Å². The van der Waals surface area contributed by atoms with Crippen molar-refractivity contribution in [2.45, 2.75) is 52.9 Å². The number of hydrogen-bond acceptors (Lipinski definition) is 6. The van der Waals surface area contributed by atoms with Gasteiger partial charge in [0.25, 0.3) is 11.6 Å². The van der Waals surface area contributed by atoms with Crippen LogP contribution in [-0.2, 0) is 27.0 Å². The summed E-state index contributed by atoms with van der Waals surface area (Å²) < 4.78 is 47.0. The van der Waals surface area contributed by atoms with Gasteiger partial charge in [0, 0.05) is 30.1 Å². The minimum Gasteiger partial charge on any atom is -0.448 e. The van der Waals surface area contributed by atoms with E-state index in [2.05, 4.69) is 0 Å². The highest BCUT2D eigenvalue weighted by Gasteiger charge is 2.36. The number of carbonyl (C=O) groups excluding carboxylic acids is 2. The van der Waals surface area contributed by atoms with Gasteiger partial charge in [-0.15, -0.1) is 0 Å². The van der Waals surface area contributed by atoms with E-state index in [1.807, 2.05) is 30.7 Å². The van der Waals surface area contributed by atoms with Gasteiger partial charge < -0.3 is 14.6 Å². The van der Waals surface area contributed by atoms with Crippen LogP contribution in [-0.4, -0.2) is 27.5 Å². The van der Waals surface area contributed by atoms with Crippen molar-refractivity contribution in [2.24, 2.45) is 0 Å². The number of nitrogens with zero attached hydrogens (tertiary/aromatic N) is 3. The van der Waals surface area contributed by atoms with Gasteiger partial charge in [-0.05, 0) is 51.0 Å². The van der Waals surface area contributed by atoms with Crippen molar-refractivity contribution in [3.05, 3.63) is 62.5 Å². The second-order valence-electron chi connectivity index (χ2n) is 7.67. The first-order valence-electron chi connectivity index (χ1n) is 10.5. The molecule has 2 aromatic rings. The molecule has 0 aliphatic rings. The molecule has 1 aromatic heterocycles. The van der Waals surface area contributed by atoms with Crippen LogP contribution in [0.3, 0.4) is 0 Å². The van der Waals surface area contributed by atoms with Crippen molar-refractivity contribution in [2.75, 3.05) is 5.32 Å². The predicted octanol–water partition coefficient (Wildman–Crippen LogP) is 4.92. The molecule has 1 unspecified atom stereocenters. The molecule has 0 saturated heterocycles. The lowest BCUT2D eigenvalue weighted by Gasteiger charge is -2.16. The van der Waals surface area contributed by atoms with E-state index in [1.165, 1.54) is 6.08 Å². The number of esters is 1. The number of nitro benzene ring substituents is 1. The van der Waals surface area contributed by atoms with E-state index >= 15 is 0 Å². The number of aromatic nitrogens is 1. The number of carbonyl (C=O) groups is 2. The Labute approximate surface area is 198 Å². The van der Waals surface area contributed by atoms with Crippen LogP contribution in [0.25, 0.3) is 6.08 Å². The topological polar surface area (TPSA) is 127 Å². The molecule has 1 amide bonds. The molecule has 35 heavy (non-hydrogen) atoms. The maximum Gasteiger partial charge on any atom is 0.418 e. The van der Waals surface area contributed by atoms with Gasteiger partial charge >= 0.3 is 12.1 Å². The number of nitriles is 1.